The number of rotatable bonds is 19. The summed E-state index contributed by atoms with van der Waals surface area (Å²) in [7, 11) is 0. The lowest BCUT2D eigenvalue weighted by Gasteiger charge is -2.25. The maximum atomic E-state index is 13.4. The monoisotopic (exact) mass is 591 g/mol. The van der Waals surface area contributed by atoms with Crippen molar-refractivity contribution in [3.8, 4) is 0 Å². The van der Waals surface area contributed by atoms with Crippen molar-refractivity contribution >= 4 is 41.5 Å². The Morgan fingerprint density at radius 3 is 1.60 bits per heavy atom. The van der Waals surface area contributed by atoms with Crippen LogP contribution >= 0.6 is 0 Å². The van der Waals surface area contributed by atoms with E-state index in [4.69, 9.17) is 34.4 Å². The lowest BCUT2D eigenvalue weighted by atomic mass is 10.0. The number of hydrogen-bond donors (Lipinski definition) is 10. The number of carbonyl (C=O) groups excluding carboxylic acids is 4. The smallest absolute Gasteiger partial charge is 0.326 e. The largest absolute Gasteiger partial charge is 0.480 e. The highest BCUT2D eigenvalue weighted by molar-refractivity contribution is 5.95. The van der Waals surface area contributed by atoms with Crippen LogP contribution in [0.1, 0.15) is 37.7 Å². The first-order chi connectivity index (χ1) is 19.8. The van der Waals surface area contributed by atoms with E-state index in [1.165, 1.54) is 0 Å². The van der Waals surface area contributed by atoms with Crippen molar-refractivity contribution in [3.63, 3.8) is 0 Å². The third kappa shape index (κ3) is 14.5. The molecule has 0 bridgehead atoms. The molecule has 4 amide bonds. The normalized spacial score (nSPS) is 13.4. The van der Waals surface area contributed by atoms with Crippen LogP contribution in [0.4, 0.5) is 0 Å². The maximum Gasteiger partial charge on any atom is 0.326 e. The lowest BCUT2D eigenvalue weighted by Crippen LogP contribution is -2.57. The molecule has 4 unspecified atom stereocenters. The number of carboxylic acid groups (broad SMARTS) is 1. The number of carboxylic acids is 1. The number of carbonyl (C=O) groups is 5. The summed E-state index contributed by atoms with van der Waals surface area (Å²) in [6, 6.07) is 4.00. The van der Waals surface area contributed by atoms with Crippen molar-refractivity contribution in [1.82, 2.24) is 16.0 Å². The molecule has 0 aromatic heterocycles. The first-order valence-corrected chi connectivity index (χ1v) is 13.1. The SMILES string of the molecule is NC(=O)CC(NC(=O)C(CCCN=C(N)N)NC(=O)C(CCCN=C(N)N)NC(=O)C(N)Cc1ccccc1)C(=O)O. The number of amides is 4. The highest BCUT2D eigenvalue weighted by Gasteiger charge is 2.30. The van der Waals surface area contributed by atoms with E-state index in [0.29, 0.717) is 0 Å². The van der Waals surface area contributed by atoms with E-state index in [2.05, 4.69) is 25.9 Å². The van der Waals surface area contributed by atoms with Gasteiger partial charge in [-0.3, -0.25) is 29.2 Å². The van der Waals surface area contributed by atoms with E-state index in [-0.39, 0.29) is 57.1 Å². The van der Waals surface area contributed by atoms with Crippen LogP contribution in [0.25, 0.3) is 0 Å². The summed E-state index contributed by atoms with van der Waals surface area (Å²) in [5, 5.41) is 16.7. The van der Waals surface area contributed by atoms with Gasteiger partial charge in [-0.2, -0.15) is 0 Å². The molecule has 1 aromatic carbocycles. The zero-order chi connectivity index (χ0) is 31.7. The number of hydrogen-bond acceptors (Lipinski definition) is 8. The second-order valence-corrected chi connectivity index (χ2v) is 9.39. The highest BCUT2D eigenvalue weighted by atomic mass is 16.4. The van der Waals surface area contributed by atoms with Gasteiger partial charge >= 0.3 is 5.97 Å². The van der Waals surface area contributed by atoms with Gasteiger partial charge in [0.1, 0.15) is 18.1 Å². The standard InChI is InChI=1S/C25H41N11O6/c26-15(12-14-6-2-1-3-7-14)20(38)34-16(8-4-10-32-24(28)29)21(39)35-17(9-5-11-33-25(30)31)22(40)36-18(23(41)42)13-19(27)37/h1-3,6-7,15-18H,4-5,8-13,26H2,(H2,27,37)(H,34,38)(H,35,39)(H,36,40)(H,41,42)(H4,28,29,32)(H4,30,31,33). The van der Waals surface area contributed by atoms with E-state index in [1.54, 1.807) is 24.3 Å². The number of benzene rings is 1. The molecule has 0 aliphatic heterocycles. The van der Waals surface area contributed by atoms with Crippen LogP contribution in [0.3, 0.4) is 0 Å². The molecule has 0 spiro atoms. The molecule has 0 heterocycles. The fraction of sp³-hybridized carbons (Fsp3) is 0.480. The number of primary amides is 1. The summed E-state index contributed by atoms with van der Waals surface area (Å²) in [5.74, 6) is -5.02. The minimum absolute atomic E-state index is 0.0144. The third-order valence-corrected chi connectivity index (χ3v) is 5.81. The zero-order valence-corrected chi connectivity index (χ0v) is 23.2. The Bertz CT molecular complexity index is 1120. The molecule has 0 saturated heterocycles. The van der Waals surface area contributed by atoms with E-state index in [0.717, 1.165) is 5.56 Å². The van der Waals surface area contributed by atoms with Gasteiger partial charge in [0.25, 0.3) is 0 Å². The van der Waals surface area contributed by atoms with Crippen molar-refractivity contribution in [2.24, 2.45) is 44.4 Å². The molecule has 0 fully saturated rings. The van der Waals surface area contributed by atoms with Gasteiger partial charge in [-0.1, -0.05) is 30.3 Å². The van der Waals surface area contributed by atoms with Crippen LogP contribution in [0, 0.1) is 0 Å². The Hall–Kier alpha value is -4.93. The number of guanidine groups is 2. The van der Waals surface area contributed by atoms with E-state index in [9.17, 15) is 29.1 Å². The van der Waals surface area contributed by atoms with Crippen molar-refractivity contribution in [2.75, 3.05) is 13.1 Å². The molecule has 1 aromatic rings. The third-order valence-electron chi connectivity index (χ3n) is 5.81. The Balaban J connectivity index is 3.10. The molecule has 232 valence electrons. The van der Waals surface area contributed by atoms with Gasteiger partial charge in [0.15, 0.2) is 11.9 Å². The molecule has 0 saturated carbocycles. The summed E-state index contributed by atoms with van der Waals surface area (Å²) in [4.78, 5) is 69.8. The predicted molar refractivity (Wildman–Crippen MR) is 155 cm³/mol. The molecule has 17 heteroatoms. The zero-order valence-electron chi connectivity index (χ0n) is 23.2. The molecule has 17 nitrogen and oxygen atoms in total. The molecule has 1 rings (SSSR count). The Morgan fingerprint density at radius 1 is 0.714 bits per heavy atom. The second kappa shape index (κ2) is 18.4. The van der Waals surface area contributed by atoms with Crippen molar-refractivity contribution in [2.45, 2.75) is 62.7 Å². The second-order valence-electron chi connectivity index (χ2n) is 9.39. The number of nitrogens with one attached hydrogen (secondary N) is 3. The molecular formula is C25H41N11O6. The molecule has 0 radical (unpaired) electrons. The number of aliphatic imine (C=N–C) groups is 2. The summed E-state index contributed by atoms with van der Waals surface area (Å²) in [6.07, 6.45) is 0.103. The van der Waals surface area contributed by atoms with E-state index in [1.807, 2.05) is 6.07 Å². The van der Waals surface area contributed by atoms with Gasteiger partial charge in [0, 0.05) is 13.1 Å². The fourth-order valence-corrected chi connectivity index (χ4v) is 3.73. The van der Waals surface area contributed by atoms with E-state index < -0.39 is 60.2 Å². The van der Waals surface area contributed by atoms with Crippen molar-refractivity contribution in [3.05, 3.63) is 35.9 Å². The molecule has 42 heavy (non-hydrogen) atoms. The van der Waals surface area contributed by atoms with Crippen molar-refractivity contribution in [1.29, 1.82) is 0 Å². The fourth-order valence-electron chi connectivity index (χ4n) is 3.73. The van der Waals surface area contributed by atoms with Gasteiger partial charge in [0.05, 0.1) is 12.5 Å². The van der Waals surface area contributed by atoms with Gasteiger partial charge in [-0.25, -0.2) is 4.79 Å². The van der Waals surface area contributed by atoms with Crippen LogP contribution in [0.5, 0.6) is 0 Å². The quantitative estimate of drug-likeness (QED) is 0.0420. The Morgan fingerprint density at radius 2 is 1.17 bits per heavy atom. The van der Waals surface area contributed by atoms with Crippen LogP contribution in [0.2, 0.25) is 0 Å². The van der Waals surface area contributed by atoms with E-state index >= 15 is 0 Å². The molecule has 16 N–H and O–H groups in total. The minimum atomic E-state index is -1.63. The molecule has 4 atom stereocenters. The summed E-state index contributed by atoms with van der Waals surface area (Å²) in [5.41, 5.74) is 33.3. The summed E-state index contributed by atoms with van der Waals surface area (Å²) in [6.45, 7) is 0.270. The topological polar surface area (TPSA) is 323 Å². The Labute approximate surface area is 242 Å². The summed E-state index contributed by atoms with van der Waals surface area (Å²) >= 11 is 0. The first-order valence-electron chi connectivity index (χ1n) is 13.1. The van der Waals surface area contributed by atoms with Crippen LogP contribution in [0.15, 0.2) is 40.3 Å². The lowest BCUT2D eigenvalue weighted by molar-refractivity contribution is -0.143. The van der Waals surface area contributed by atoms with Gasteiger partial charge in [0.2, 0.25) is 23.6 Å². The average Bonchev–Trinajstić information content (AvgIpc) is 2.91. The van der Waals surface area contributed by atoms with Gasteiger partial charge in [-0.05, 0) is 37.7 Å². The van der Waals surface area contributed by atoms with Crippen LogP contribution in [-0.2, 0) is 30.4 Å². The number of nitrogens with two attached hydrogens (primary N) is 6. The molecular weight excluding hydrogens is 550 g/mol. The first kappa shape index (κ1) is 35.1. The molecule has 0 aliphatic carbocycles. The highest BCUT2D eigenvalue weighted by Crippen LogP contribution is 2.07. The van der Waals surface area contributed by atoms with Crippen molar-refractivity contribution < 1.29 is 29.1 Å². The minimum Gasteiger partial charge on any atom is -0.480 e. The van der Waals surface area contributed by atoms with Gasteiger partial charge < -0.3 is 55.5 Å². The summed E-state index contributed by atoms with van der Waals surface area (Å²) < 4.78 is 0. The van der Waals surface area contributed by atoms with Crippen LogP contribution < -0.4 is 50.4 Å². The number of aliphatic carboxylic acids is 1. The average molecular weight is 592 g/mol. The predicted octanol–water partition coefficient (Wildman–Crippen LogP) is -3.92. The van der Waals surface area contributed by atoms with Gasteiger partial charge in [-0.15, -0.1) is 0 Å². The Kier molecular flexibility index (Phi) is 15.4. The maximum absolute atomic E-state index is 13.4. The molecule has 0 aliphatic rings. The number of nitrogens with zero attached hydrogens (tertiary/aromatic N) is 2. The van der Waals surface area contributed by atoms with Crippen LogP contribution in [-0.4, -0.2) is 83.9 Å².